The summed E-state index contributed by atoms with van der Waals surface area (Å²) < 4.78 is 0. The van der Waals surface area contributed by atoms with Crippen LogP contribution in [0.1, 0.15) is 32.1 Å². The predicted molar refractivity (Wildman–Crippen MR) is 73.9 cm³/mol. The van der Waals surface area contributed by atoms with Gasteiger partial charge in [-0.25, -0.2) is 4.79 Å². The standard InChI is InChI=1S/C15H25N3O/c19-14(17-8-12-2-1-3-13(12)9-17)18-10-15(11-18)4-6-16-7-5-15/h12-13,16H,1-11H2. The smallest absolute Gasteiger partial charge is 0.320 e. The highest BCUT2D eigenvalue weighted by Crippen LogP contribution is 2.41. The van der Waals surface area contributed by atoms with Gasteiger partial charge in [-0.2, -0.15) is 0 Å². The van der Waals surface area contributed by atoms with Crippen molar-refractivity contribution in [1.29, 1.82) is 0 Å². The Balaban J connectivity index is 1.33. The summed E-state index contributed by atoms with van der Waals surface area (Å²) in [5.41, 5.74) is 0.469. The highest BCUT2D eigenvalue weighted by molar-refractivity contribution is 5.76. The molecule has 19 heavy (non-hydrogen) atoms. The van der Waals surface area contributed by atoms with E-state index in [1.54, 1.807) is 0 Å². The molecule has 0 aromatic heterocycles. The highest BCUT2D eigenvalue weighted by Gasteiger charge is 2.48. The number of amides is 2. The van der Waals surface area contributed by atoms with E-state index in [2.05, 4.69) is 15.1 Å². The van der Waals surface area contributed by atoms with Crippen molar-refractivity contribution < 1.29 is 4.79 Å². The van der Waals surface area contributed by atoms with Gasteiger partial charge in [-0.15, -0.1) is 0 Å². The van der Waals surface area contributed by atoms with Crippen molar-refractivity contribution >= 4 is 6.03 Å². The quantitative estimate of drug-likeness (QED) is 0.719. The molecule has 1 saturated carbocycles. The highest BCUT2D eigenvalue weighted by atomic mass is 16.2. The van der Waals surface area contributed by atoms with Crippen LogP contribution in [0.5, 0.6) is 0 Å². The molecule has 0 bridgehead atoms. The van der Waals surface area contributed by atoms with Gasteiger partial charge in [0.2, 0.25) is 0 Å². The zero-order valence-corrected chi connectivity index (χ0v) is 11.7. The normalized spacial score (nSPS) is 36.4. The van der Waals surface area contributed by atoms with Gasteiger partial charge in [0, 0.05) is 31.6 Å². The van der Waals surface area contributed by atoms with Gasteiger partial charge >= 0.3 is 6.03 Å². The molecule has 3 heterocycles. The maximum Gasteiger partial charge on any atom is 0.320 e. The van der Waals surface area contributed by atoms with E-state index < -0.39 is 0 Å². The molecule has 4 nitrogen and oxygen atoms in total. The monoisotopic (exact) mass is 263 g/mol. The minimum absolute atomic E-state index is 0.332. The minimum atomic E-state index is 0.332. The molecular weight excluding hydrogens is 238 g/mol. The number of rotatable bonds is 0. The molecule has 4 rings (SSSR count). The maximum absolute atomic E-state index is 12.5. The molecule has 2 unspecified atom stereocenters. The Bertz CT molecular complexity index is 358. The van der Waals surface area contributed by atoms with E-state index in [4.69, 9.17) is 0 Å². The Kier molecular flexibility index (Phi) is 2.76. The van der Waals surface area contributed by atoms with Gasteiger partial charge < -0.3 is 15.1 Å². The fourth-order valence-corrected chi connectivity index (χ4v) is 4.76. The summed E-state index contributed by atoms with van der Waals surface area (Å²) in [5, 5.41) is 3.42. The largest absolute Gasteiger partial charge is 0.324 e. The summed E-state index contributed by atoms with van der Waals surface area (Å²) in [7, 11) is 0. The molecule has 1 N–H and O–H groups in total. The third-order valence-corrected chi connectivity index (χ3v) is 5.98. The zero-order valence-electron chi connectivity index (χ0n) is 11.7. The minimum Gasteiger partial charge on any atom is -0.324 e. The number of likely N-dealkylation sites (tertiary alicyclic amines) is 2. The van der Waals surface area contributed by atoms with E-state index in [-0.39, 0.29) is 0 Å². The van der Waals surface area contributed by atoms with Crippen LogP contribution < -0.4 is 5.32 Å². The van der Waals surface area contributed by atoms with Crippen LogP contribution in [0.3, 0.4) is 0 Å². The Morgan fingerprint density at radius 2 is 1.63 bits per heavy atom. The van der Waals surface area contributed by atoms with E-state index in [0.29, 0.717) is 11.4 Å². The molecule has 1 spiro atoms. The molecule has 0 aromatic carbocycles. The first kappa shape index (κ1) is 12.0. The lowest BCUT2D eigenvalue weighted by molar-refractivity contribution is -0.00388. The summed E-state index contributed by atoms with van der Waals surface area (Å²) >= 11 is 0. The van der Waals surface area contributed by atoms with Crippen LogP contribution in [0.4, 0.5) is 4.79 Å². The van der Waals surface area contributed by atoms with Crippen molar-refractivity contribution in [3.63, 3.8) is 0 Å². The van der Waals surface area contributed by atoms with Gasteiger partial charge in [0.15, 0.2) is 0 Å². The van der Waals surface area contributed by atoms with Crippen LogP contribution in [0, 0.1) is 17.3 Å². The second-order valence-corrected chi connectivity index (χ2v) is 7.24. The third kappa shape index (κ3) is 1.95. The van der Waals surface area contributed by atoms with Crippen LogP contribution >= 0.6 is 0 Å². The Hall–Kier alpha value is -0.770. The maximum atomic E-state index is 12.5. The fourth-order valence-electron chi connectivity index (χ4n) is 4.76. The van der Waals surface area contributed by atoms with Crippen molar-refractivity contribution in [2.24, 2.45) is 17.3 Å². The molecule has 1 aliphatic carbocycles. The lowest BCUT2D eigenvalue weighted by atomic mass is 9.72. The Morgan fingerprint density at radius 1 is 1.00 bits per heavy atom. The summed E-state index contributed by atoms with van der Waals surface area (Å²) in [5.74, 6) is 1.64. The number of nitrogens with zero attached hydrogens (tertiary/aromatic N) is 2. The molecule has 2 atom stereocenters. The molecule has 4 heteroatoms. The molecule has 4 fully saturated rings. The zero-order chi connectivity index (χ0) is 12.9. The van der Waals surface area contributed by atoms with Gasteiger partial charge in [-0.1, -0.05) is 6.42 Å². The van der Waals surface area contributed by atoms with Crippen LogP contribution in [0.15, 0.2) is 0 Å². The average molecular weight is 263 g/mol. The lowest BCUT2D eigenvalue weighted by Gasteiger charge is -2.53. The lowest BCUT2D eigenvalue weighted by Crippen LogP contribution is -2.63. The topological polar surface area (TPSA) is 35.6 Å². The van der Waals surface area contributed by atoms with Gasteiger partial charge in [0.05, 0.1) is 0 Å². The molecular formula is C15H25N3O. The summed E-state index contributed by atoms with van der Waals surface area (Å²) in [4.78, 5) is 16.8. The van der Waals surface area contributed by atoms with Crippen molar-refractivity contribution in [3.8, 4) is 0 Å². The predicted octanol–water partition coefficient (Wildman–Crippen LogP) is 1.52. The van der Waals surface area contributed by atoms with Crippen LogP contribution in [-0.2, 0) is 0 Å². The first-order valence-corrected chi connectivity index (χ1v) is 8.00. The number of carbonyl (C=O) groups excluding carboxylic acids is 1. The first-order valence-electron chi connectivity index (χ1n) is 8.00. The number of nitrogens with one attached hydrogen (secondary N) is 1. The molecule has 3 saturated heterocycles. The van der Waals surface area contributed by atoms with Crippen LogP contribution in [0.25, 0.3) is 0 Å². The number of piperidine rings is 1. The number of carbonyl (C=O) groups is 1. The second kappa shape index (κ2) is 4.37. The van der Waals surface area contributed by atoms with Crippen molar-refractivity contribution in [2.75, 3.05) is 39.3 Å². The number of hydrogen-bond acceptors (Lipinski definition) is 2. The van der Waals surface area contributed by atoms with E-state index in [9.17, 15) is 4.79 Å². The number of fused-ring (bicyclic) bond motifs is 1. The SMILES string of the molecule is O=C(N1CC2CCCC2C1)N1CC2(CCNCC2)C1. The summed E-state index contributed by atoms with van der Waals surface area (Å²) in [6.45, 7) is 6.37. The summed E-state index contributed by atoms with van der Waals surface area (Å²) in [6.07, 6.45) is 6.59. The Morgan fingerprint density at radius 3 is 2.26 bits per heavy atom. The van der Waals surface area contributed by atoms with Crippen LogP contribution in [-0.4, -0.2) is 55.1 Å². The molecule has 3 aliphatic heterocycles. The van der Waals surface area contributed by atoms with Crippen molar-refractivity contribution in [3.05, 3.63) is 0 Å². The van der Waals surface area contributed by atoms with Crippen LogP contribution in [0.2, 0.25) is 0 Å². The van der Waals surface area contributed by atoms with Gasteiger partial charge in [0.25, 0.3) is 0 Å². The average Bonchev–Trinajstić information content (AvgIpc) is 2.96. The number of hydrogen-bond donors (Lipinski definition) is 1. The molecule has 0 radical (unpaired) electrons. The van der Waals surface area contributed by atoms with Crippen molar-refractivity contribution in [2.45, 2.75) is 32.1 Å². The molecule has 106 valence electrons. The van der Waals surface area contributed by atoms with Gasteiger partial charge in [-0.3, -0.25) is 0 Å². The first-order chi connectivity index (χ1) is 9.26. The van der Waals surface area contributed by atoms with Crippen molar-refractivity contribution in [1.82, 2.24) is 15.1 Å². The van der Waals surface area contributed by atoms with E-state index in [0.717, 1.165) is 51.1 Å². The molecule has 2 amide bonds. The fraction of sp³-hybridized carbons (Fsp3) is 0.933. The van der Waals surface area contributed by atoms with Gasteiger partial charge in [-0.05, 0) is 50.6 Å². The molecule has 4 aliphatic rings. The molecule has 0 aromatic rings. The van der Waals surface area contributed by atoms with Gasteiger partial charge in [0.1, 0.15) is 0 Å². The van der Waals surface area contributed by atoms with E-state index in [1.165, 1.54) is 32.1 Å². The Labute approximate surface area is 115 Å². The number of urea groups is 1. The summed E-state index contributed by atoms with van der Waals surface area (Å²) in [6, 6.07) is 0.332. The van der Waals surface area contributed by atoms with E-state index >= 15 is 0 Å². The van der Waals surface area contributed by atoms with E-state index in [1.807, 2.05) is 0 Å². The second-order valence-electron chi connectivity index (χ2n) is 7.24. The third-order valence-electron chi connectivity index (χ3n) is 5.98.